The van der Waals surface area contributed by atoms with E-state index in [1.165, 1.54) is 11.3 Å². The van der Waals surface area contributed by atoms with E-state index in [0.717, 1.165) is 19.4 Å². The molecule has 1 fully saturated rings. The maximum Gasteiger partial charge on any atom is 0.273 e. The summed E-state index contributed by atoms with van der Waals surface area (Å²) in [6, 6.07) is 3.90. The molecule has 0 aliphatic carbocycles. The summed E-state index contributed by atoms with van der Waals surface area (Å²) >= 11 is 1.39. The van der Waals surface area contributed by atoms with Crippen LogP contribution in [0.15, 0.2) is 42.3 Å². The molecule has 0 bridgehead atoms. The number of hydrogen-bond acceptors (Lipinski definition) is 6. The Morgan fingerprint density at radius 1 is 1.21 bits per heavy atom. The minimum absolute atomic E-state index is 0.0368. The van der Waals surface area contributed by atoms with Crippen molar-refractivity contribution in [3.05, 3.63) is 48.0 Å². The maximum absolute atomic E-state index is 12.8. The van der Waals surface area contributed by atoms with Crippen molar-refractivity contribution in [3.63, 3.8) is 0 Å². The molecule has 0 aromatic carbocycles. The lowest BCUT2D eigenvalue weighted by Gasteiger charge is -2.32. The summed E-state index contributed by atoms with van der Waals surface area (Å²) in [5.74, 6) is 0.514. The predicted molar refractivity (Wildman–Crippen MR) is 89.5 cm³/mol. The van der Waals surface area contributed by atoms with Crippen molar-refractivity contribution in [2.75, 3.05) is 13.1 Å². The molecule has 8 heteroatoms. The van der Waals surface area contributed by atoms with E-state index in [-0.39, 0.29) is 11.9 Å². The molecule has 1 aliphatic rings. The smallest absolute Gasteiger partial charge is 0.273 e. The van der Waals surface area contributed by atoms with E-state index < -0.39 is 0 Å². The summed E-state index contributed by atoms with van der Waals surface area (Å²) in [4.78, 5) is 27.4. The topological polar surface area (TPSA) is 76.8 Å². The van der Waals surface area contributed by atoms with Gasteiger partial charge in [-0.15, -0.1) is 11.3 Å². The Morgan fingerprint density at radius 2 is 2.08 bits per heavy atom. The molecule has 24 heavy (non-hydrogen) atoms. The van der Waals surface area contributed by atoms with Crippen LogP contribution in [-0.4, -0.2) is 48.6 Å². The third kappa shape index (κ3) is 2.92. The fraction of sp³-hybridized carbons (Fsp3) is 0.312. The predicted octanol–water partition coefficient (Wildman–Crippen LogP) is 2.27. The van der Waals surface area contributed by atoms with Crippen LogP contribution in [0, 0.1) is 0 Å². The van der Waals surface area contributed by atoms with E-state index in [0.29, 0.717) is 23.1 Å². The van der Waals surface area contributed by atoms with Crippen LogP contribution >= 0.6 is 11.3 Å². The van der Waals surface area contributed by atoms with Crippen molar-refractivity contribution in [2.45, 2.75) is 18.9 Å². The molecular weight excluding hydrogens is 324 g/mol. The minimum Gasteiger partial charge on any atom is -0.335 e. The number of nitrogens with zero attached hydrogens (tertiary/aromatic N) is 6. The van der Waals surface area contributed by atoms with Gasteiger partial charge in [0.05, 0.1) is 6.04 Å². The molecule has 0 N–H and O–H groups in total. The van der Waals surface area contributed by atoms with Crippen LogP contribution in [0.1, 0.15) is 29.4 Å². The first-order valence-corrected chi connectivity index (χ1v) is 8.70. The van der Waals surface area contributed by atoms with Crippen molar-refractivity contribution in [1.82, 2.24) is 29.6 Å². The number of carbonyl (C=O) groups is 1. The SMILES string of the molecule is O=C(c1csc(-c2ncccn2)n1)N1CCCC(n2cccn2)C1. The first-order valence-electron chi connectivity index (χ1n) is 7.82. The highest BCUT2D eigenvalue weighted by atomic mass is 32.1. The molecule has 1 aliphatic heterocycles. The number of likely N-dealkylation sites (tertiary alicyclic amines) is 1. The van der Waals surface area contributed by atoms with E-state index in [2.05, 4.69) is 20.1 Å². The molecular formula is C16H16N6OS. The van der Waals surface area contributed by atoms with Crippen LogP contribution in [0.2, 0.25) is 0 Å². The van der Waals surface area contributed by atoms with Crippen LogP contribution < -0.4 is 0 Å². The molecule has 3 aromatic heterocycles. The van der Waals surface area contributed by atoms with Crippen molar-refractivity contribution in [1.29, 1.82) is 0 Å². The van der Waals surface area contributed by atoms with E-state index in [9.17, 15) is 4.79 Å². The lowest BCUT2D eigenvalue weighted by Crippen LogP contribution is -2.41. The number of aromatic nitrogens is 5. The van der Waals surface area contributed by atoms with Gasteiger partial charge in [-0.1, -0.05) is 0 Å². The quantitative estimate of drug-likeness (QED) is 0.731. The molecule has 1 unspecified atom stereocenters. The number of rotatable bonds is 3. The van der Waals surface area contributed by atoms with Crippen LogP contribution in [0.25, 0.3) is 10.8 Å². The van der Waals surface area contributed by atoms with Gasteiger partial charge in [0.15, 0.2) is 10.8 Å². The standard InChI is InChI=1S/C16H16N6OS/c23-16(13-11-24-15(20-13)14-17-5-2-6-18-14)21-8-1-4-12(10-21)22-9-3-7-19-22/h2-3,5-7,9,11-12H,1,4,8,10H2. The lowest BCUT2D eigenvalue weighted by molar-refractivity contribution is 0.0668. The summed E-state index contributed by atoms with van der Waals surface area (Å²) in [5.41, 5.74) is 0.462. The Balaban J connectivity index is 1.50. The maximum atomic E-state index is 12.8. The van der Waals surface area contributed by atoms with Gasteiger partial charge in [0.2, 0.25) is 0 Å². The average Bonchev–Trinajstić information content (AvgIpc) is 3.34. The zero-order chi connectivity index (χ0) is 16.4. The summed E-state index contributed by atoms with van der Waals surface area (Å²) in [6.45, 7) is 1.42. The molecule has 1 saturated heterocycles. The normalized spacial score (nSPS) is 17.8. The van der Waals surface area contributed by atoms with E-state index in [1.54, 1.807) is 30.0 Å². The van der Waals surface area contributed by atoms with Crippen LogP contribution in [0.4, 0.5) is 0 Å². The average molecular weight is 340 g/mol. The molecule has 3 aromatic rings. The summed E-state index contributed by atoms with van der Waals surface area (Å²) in [6.07, 6.45) is 9.06. The fourth-order valence-electron chi connectivity index (χ4n) is 2.90. The zero-order valence-electron chi connectivity index (χ0n) is 12.9. The van der Waals surface area contributed by atoms with Crippen molar-refractivity contribution in [3.8, 4) is 10.8 Å². The Bertz CT molecular complexity index is 816. The van der Waals surface area contributed by atoms with E-state index >= 15 is 0 Å². The van der Waals surface area contributed by atoms with Crippen LogP contribution in [0.3, 0.4) is 0 Å². The summed E-state index contributed by atoms with van der Waals surface area (Å²) in [7, 11) is 0. The van der Waals surface area contributed by atoms with Crippen molar-refractivity contribution in [2.24, 2.45) is 0 Å². The van der Waals surface area contributed by atoms with Gasteiger partial charge >= 0.3 is 0 Å². The molecule has 4 heterocycles. The second-order valence-electron chi connectivity index (χ2n) is 5.64. The summed E-state index contributed by atoms with van der Waals surface area (Å²) in [5, 5.41) is 6.75. The molecule has 1 amide bonds. The van der Waals surface area contributed by atoms with Crippen LogP contribution in [-0.2, 0) is 0 Å². The van der Waals surface area contributed by atoms with Gasteiger partial charge in [0.25, 0.3) is 5.91 Å². The number of hydrogen-bond donors (Lipinski definition) is 0. The van der Waals surface area contributed by atoms with Gasteiger partial charge in [-0.05, 0) is 25.0 Å². The Morgan fingerprint density at radius 3 is 2.88 bits per heavy atom. The molecule has 7 nitrogen and oxygen atoms in total. The highest BCUT2D eigenvalue weighted by molar-refractivity contribution is 7.13. The van der Waals surface area contributed by atoms with Gasteiger partial charge in [-0.25, -0.2) is 15.0 Å². The van der Waals surface area contributed by atoms with E-state index in [4.69, 9.17) is 0 Å². The number of carbonyl (C=O) groups excluding carboxylic acids is 1. The summed E-state index contributed by atoms with van der Waals surface area (Å²) < 4.78 is 1.93. The van der Waals surface area contributed by atoms with Crippen molar-refractivity contribution < 1.29 is 4.79 Å². The Labute approximate surface area is 143 Å². The third-order valence-electron chi connectivity index (χ3n) is 4.06. The first kappa shape index (κ1) is 14.9. The molecule has 122 valence electrons. The van der Waals surface area contributed by atoms with Crippen LogP contribution in [0.5, 0.6) is 0 Å². The van der Waals surface area contributed by atoms with Gasteiger partial charge in [0, 0.05) is 43.3 Å². The fourth-order valence-corrected chi connectivity index (χ4v) is 3.64. The molecule has 0 radical (unpaired) electrons. The molecule has 0 spiro atoms. The van der Waals surface area contributed by atoms with E-state index in [1.807, 2.05) is 21.8 Å². The zero-order valence-corrected chi connectivity index (χ0v) is 13.8. The third-order valence-corrected chi connectivity index (χ3v) is 4.90. The number of thiazole rings is 1. The highest BCUT2D eigenvalue weighted by Gasteiger charge is 2.27. The molecule has 1 atom stereocenters. The van der Waals surface area contributed by atoms with Gasteiger partial charge < -0.3 is 4.90 Å². The Kier molecular flexibility index (Phi) is 4.04. The lowest BCUT2D eigenvalue weighted by atomic mass is 10.1. The highest BCUT2D eigenvalue weighted by Crippen LogP contribution is 2.24. The van der Waals surface area contributed by atoms with Crippen molar-refractivity contribution >= 4 is 17.2 Å². The minimum atomic E-state index is -0.0368. The first-order chi connectivity index (χ1) is 11.8. The second kappa shape index (κ2) is 6.48. The molecule has 0 saturated carbocycles. The largest absolute Gasteiger partial charge is 0.335 e. The van der Waals surface area contributed by atoms with Gasteiger partial charge in [-0.2, -0.15) is 5.10 Å². The second-order valence-corrected chi connectivity index (χ2v) is 6.50. The number of amides is 1. The van der Waals surface area contributed by atoms with Gasteiger partial charge in [0.1, 0.15) is 5.69 Å². The van der Waals surface area contributed by atoms with Gasteiger partial charge in [-0.3, -0.25) is 9.48 Å². The monoisotopic (exact) mass is 340 g/mol. The molecule has 4 rings (SSSR count). The number of piperidine rings is 1. The Hall–Kier alpha value is -2.61.